The summed E-state index contributed by atoms with van der Waals surface area (Å²) in [6.07, 6.45) is 1.60. The van der Waals surface area contributed by atoms with Crippen molar-refractivity contribution in [3.05, 3.63) is 83.3 Å². The second-order valence-electron chi connectivity index (χ2n) is 6.68. The highest BCUT2D eigenvalue weighted by molar-refractivity contribution is 7.92. The second kappa shape index (κ2) is 9.57. The molecular weight excluding hydrogens is 421 g/mol. The van der Waals surface area contributed by atoms with Crippen molar-refractivity contribution in [3.8, 4) is 5.88 Å². The molecule has 0 aliphatic rings. The molecular formula is C22H22FN3O4S. The van der Waals surface area contributed by atoms with Gasteiger partial charge in [-0.3, -0.25) is 9.52 Å². The molecule has 0 radical (unpaired) electrons. The van der Waals surface area contributed by atoms with Crippen molar-refractivity contribution in [1.82, 2.24) is 10.3 Å². The van der Waals surface area contributed by atoms with Crippen molar-refractivity contribution in [2.75, 3.05) is 11.3 Å². The van der Waals surface area contributed by atoms with Crippen LogP contribution in [-0.4, -0.2) is 25.9 Å². The Morgan fingerprint density at radius 1 is 1.13 bits per heavy atom. The Morgan fingerprint density at radius 3 is 2.68 bits per heavy atom. The normalized spacial score (nSPS) is 11.1. The Balaban J connectivity index is 1.72. The zero-order valence-corrected chi connectivity index (χ0v) is 17.9. The van der Waals surface area contributed by atoms with Gasteiger partial charge in [-0.2, -0.15) is 0 Å². The lowest BCUT2D eigenvalue weighted by molar-refractivity contribution is 0.0950. The van der Waals surface area contributed by atoms with E-state index in [1.807, 2.05) is 6.92 Å². The van der Waals surface area contributed by atoms with Gasteiger partial charge in [-0.25, -0.2) is 17.8 Å². The predicted molar refractivity (Wildman–Crippen MR) is 115 cm³/mol. The Kier molecular flexibility index (Phi) is 6.86. The predicted octanol–water partition coefficient (Wildman–Crippen LogP) is 3.66. The van der Waals surface area contributed by atoms with Gasteiger partial charge in [-0.15, -0.1) is 0 Å². The van der Waals surface area contributed by atoms with Crippen LogP contribution < -0.4 is 14.8 Å². The number of aromatic nitrogens is 1. The number of hydrogen-bond donors (Lipinski definition) is 2. The maximum absolute atomic E-state index is 13.8. The minimum Gasteiger partial charge on any atom is -0.478 e. The molecule has 0 atom stereocenters. The second-order valence-corrected chi connectivity index (χ2v) is 8.36. The zero-order chi connectivity index (χ0) is 22.4. The number of hydrogen-bond acceptors (Lipinski definition) is 5. The molecule has 0 aliphatic carbocycles. The topological polar surface area (TPSA) is 97.4 Å². The summed E-state index contributed by atoms with van der Waals surface area (Å²) in [6.45, 7) is 4.03. The first-order valence-corrected chi connectivity index (χ1v) is 11.0. The number of ether oxygens (including phenoxy) is 1. The van der Waals surface area contributed by atoms with Crippen LogP contribution in [0, 0.1) is 12.7 Å². The first-order valence-electron chi connectivity index (χ1n) is 9.54. The van der Waals surface area contributed by atoms with Crippen LogP contribution in [0.25, 0.3) is 0 Å². The summed E-state index contributed by atoms with van der Waals surface area (Å²) in [7, 11) is -4.01. The van der Waals surface area contributed by atoms with E-state index in [4.69, 9.17) is 4.74 Å². The standard InChI is InChI=1S/C22H22FN3O4S/c1-3-30-22-17(7-5-11-24-22)14-25-21(27)16-6-4-8-18(12-16)26-31(28,29)19-10-9-15(2)20(23)13-19/h4-13,26H,3,14H2,1-2H3,(H,25,27). The van der Waals surface area contributed by atoms with Crippen LogP contribution in [0.2, 0.25) is 0 Å². The van der Waals surface area contributed by atoms with Crippen LogP contribution >= 0.6 is 0 Å². The maximum atomic E-state index is 13.8. The van der Waals surface area contributed by atoms with Gasteiger partial charge < -0.3 is 10.1 Å². The van der Waals surface area contributed by atoms with Crippen molar-refractivity contribution in [2.24, 2.45) is 0 Å². The van der Waals surface area contributed by atoms with Gasteiger partial charge in [0.2, 0.25) is 5.88 Å². The van der Waals surface area contributed by atoms with E-state index < -0.39 is 21.7 Å². The minimum absolute atomic E-state index is 0.185. The molecule has 0 fully saturated rings. The molecule has 9 heteroatoms. The van der Waals surface area contributed by atoms with E-state index in [0.717, 1.165) is 11.6 Å². The van der Waals surface area contributed by atoms with Crippen molar-refractivity contribution >= 4 is 21.6 Å². The van der Waals surface area contributed by atoms with Gasteiger partial charge in [0.25, 0.3) is 15.9 Å². The summed E-state index contributed by atoms with van der Waals surface area (Å²) in [5, 5.41) is 2.76. The summed E-state index contributed by atoms with van der Waals surface area (Å²) in [5.74, 6) is -0.566. The smallest absolute Gasteiger partial charge is 0.261 e. The maximum Gasteiger partial charge on any atom is 0.261 e. The molecule has 3 rings (SSSR count). The fourth-order valence-corrected chi connectivity index (χ4v) is 3.84. The van der Waals surface area contributed by atoms with Gasteiger partial charge in [0.1, 0.15) is 5.82 Å². The largest absolute Gasteiger partial charge is 0.478 e. The van der Waals surface area contributed by atoms with Crippen molar-refractivity contribution in [2.45, 2.75) is 25.3 Å². The molecule has 0 aliphatic heterocycles. The lowest BCUT2D eigenvalue weighted by atomic mass is 10.2. The first kappa shape index (κ1) is 22.2. The third kappa shape index (κ3) is 5.58. The molecule has 7 nitrogen and oxygen atoms in total. The zero-order valence-electron chi connectivity index (χ0n) is 17.1. The fraction of sp³-hybridized carbons (Fsp3) is 0.182. The molecule has 1 amide bonds. The lowest BCUT2D eigenvalue weighted by Crippen LogP contribution is -2.23. The molecule has 162 valence electrons. The van der Waals surface area contributed by atoms with Crippen LogP contribution in [-0.2, 0) is 16.6 Å². The van der Waals surface area contributed by atoms with E-state index in [2.05, 4.69) is 15.0 Å². The number of anilines is 1. The summed E-state index contributed by atoms with van der Waals surface area (Å²) in [6, 6.07) is 13.2. The van der Waals surface area contributed by atoms with E-state index in [9.17, 15) is 17.6 Å². The number of sulfonamides is 1. The number of benzene rings is 2. The van der Waals surface area contributed by atoms with Crippen molar-refractivity contribution in [3.63, 3.8) is 0 Å². The summed E-state index contributed by atoms with van der Waals surface area (Å²) >= 11 is 0. The average Bonchev–Trinajstić information content (AvgIpc) is 2.75. The SMILES string of the molecule is CCOc1ncccc1CNC(=O)c1cccc(NS(=O)(=O)c2ccc(C)c(F)c2)c1. The highest BCUT2D eigenvalue weighted by Crippen LogP contribution is 2.20. The molecule has 31 heavy (non-hydrogen) atoms. The minimum atomic E-state index is -4.01. The van der Waals surface area contributed by atoms with E-state index in [-0.39, 0.29) is 22.7 Å². The van der Waals surface area contributed by atoms with Crippen LogP contribution in [0.4, 0.5) is 10.1 Å². The third-order valence-electron chi connectivity index (χ3n) is 4.40. The first-order chi connectivity index (χ1) is 14.8. The number of aryl methyl sites for hydroxylation is 1. The van der Waals surface area contributed by atoms with E-state index >= 15 is 0 Å². The van der Waals surface area contributed by atoms with Crippen LogP contribution in [0.1, 0.15) is 28.4 Å². The molecule has 0 spiro atoms. The molecule has 0 unspecified atom stereocenters. The number of nitrogens with one attached hydrogen (secondary N) is 2. The van der Waals surface area contributed by atoms with E-state index in [1.54, 1.807) is 37.4 Å². The summed E-state index contributed by atoms with van der Waals surface area (Å²) < 4.78 is 46.7. The van der Waals surface area contributed by atoms with E-state index in [0.29, 0.717) is 18.1 Å². The molecule has 3 aromatic rings. The summed E-state index contributed by atoms with van der Waals surface area (Å²) in [5.41, 5.74) is 1.51. The molecule has 1 heterocycles. The van der Waals surface area contributed by atoms with Gasteiger partial charge in [0.15, 0.2) is 0 Å². The van der Waals surface area contributed by atoms with Crippen molar-refractivity contribution < 1.29 is 22.3 Å². The quantitative estimate of drug-likeness (QED) is 0.554. The lowest BCUT2D eigenvalue weighted by Gasteiger charge is -2.12. The van der Waals surface area contributed by atoms with Crippen LogP contribution in [0.3, 0.4) is 0 Å². The Bertz CT molecular complexity index is 1200. The third-order valence-corrected chi connectivity index (χ3v) is 5.78. The van der Waals surface area contributed by atoms with E-state index in [1.165, 1.54) is 24.3 Å². The number of amides is 1. The Hall–Kier alpha value is -3.46. The Morgan fingerprint density at radius 2 is 1.94 bits per heavy atom. The van der Waals surface area contributed by atoms with Gasteiger partial charge in [0.05, 0.1) is 11.5 Å². The molecule has 0 saturated carbocycles. The number of halogens is 1. The van der Waals surface area contributed by atoms with Crippen LogP contribution in [0.15, 0.2) is 65.7 Å². The molecule has 0 bridgehead atoms. The molecule has 2 aromatic carbocycles. The number of carbonyl (C=O) groups excluding carboxylic acids is 1. The fourth-order valence-electron chi connectivity index (χ4n) is 2.78. The molecule has 1 aromatic heterocycles. The number of rotatable bonds is 8. The highest BCUT2D eigenvalue weighted by atomic mass is 32.2. The van der Waals surface area contributed by atoms with Crippen molar-refractivity contribution in [1.29, 1.82) is 0 Å². The van der Waals surface area contributed by atoms with Crippen LogP contribution in [0.5, 0.6) is 5.88 Å². The number of carbonyl (C=O) groups is 1. The molecule has 2 N–H and O–H groups in total. The highest BCUT2D eigenvalue weighted by Gasteiger charge is 2.17. The van der Waals surface area contributed by atoms with Gasteiger partial charge in [0, 0.05) is 29.6 Å². The Labute approximate surface area is 180 Å². The monoisotopic (exact) mass is 443 g/mol. The van der Waals surface area contributed by atoms with Gasteiger partial charge in [-0.05, 0) is 55.8 Å². The molecule has 0 saturated heterocycles. The average molecular weight is 444 g/mol. The number of nitrogens with zero attached hydrogens (tertiary/aromatic N) is 1. The summed E-state index contributed by atoms with van der Waals surface area (Å²) in [4.78, 5) is 16.5. The van der Waals surface area contributed by atoms with Gasteiger partial charge in [-0.1, -0.05) is 18.2 Å². The van der Waals surface area contributed by atoms with Gasteiger partial charge >= 0.3 is 0 Å². The number of pyridine rings is 1.